The van der Waals surface area contributed by atoms with Crippen LogP contribution in [0.15, 0.2) is 41.4 Å². The number of aliphatic hydroxyl groups excluding tert-OH is 9. The van der Waals surface area contributed by atoms with E-state index in [-0.39, 0.29) is 69.5 Å². The minimum Gasteiger partial charge on any atom is -0.393 e. The van der Waals surface area contributed by atoms with E-state index in [0.717, 1.165) is 0 Å². The Hall–Kier alpha value is -2.20. The molecule has 0 fully saturated rings. The maximum absolute atomic E-state index is 11.0. The maximum atomic E-state index is 11.0. The third-order valence-corrected chi connectivity index (χ3v) is 6.44. The van der Waals surface area contributed by atoms with Crippen LogP contribution in [0.1, 0.15) is 77.6 Å². The predicted molar refractivity (Wildman–Crippen MR) is 164 cm³/mol. The zero-order chi connectivity index (χ0) is 32.8. The molecule has 0 bridgehead atoms. The van der Waals surface area contributed by atoms with Gasteiger partial charge in [0, 0.05) is 32.2 Å². The van der Waals surface area contributed by atoms with Crippen molar-refractivity contribution in [1.29, 1.82) is 0 Å². The Morgan fingerprint density at radius 2 is 1.00 bits per heavy atom. The lowest BCUT2D eigenvalue weighted by Gasteiger charge is -2.17. The first kappa shape index (κ1) is 40.8. The molecule has 0 spiro atoms. The molecule has 9 unspecified atom stereocenters. The highest BCUT2D eigenvalue weighted by Gasteiger charge is 2.16. The number of aliphatic imine (C=N–C) groups is 1. The summed E-state index contributed by atoms with van der Waals surface area (Å²) in [5, 5.41) is 90.1. The standard InChI is InChI=1S/C30H55N3O10/c1-20(34)14-28(42)17-24(38)9-4-11-26(40)19-29(43)18-25(39)10-3-8-22(36)15-21(35)6-2-7-23(37)16-27(41)12-5-13-33-30(31)32/h2-4,6,9-10,21-29,35-43H,5,7-8,11-19H2,1H3,(H4,31,32,33)/b6-2+,9-4+,10-3+. The number of Topliss-reactive ketones (excluding diaryl/α,β-unsaturated/α-hetero) is 1. The van der Waals surface area contributed by atoms with Crippen LogP contribution in [0, 0.1) is 0 Å². The molecule has 250 valence electrons. The molecule has 0 aliphatic carbocycles. The molecule has 0 saturated carbocycles. The molecule has 0 aliphatic heterocycles. The lowest BCUT2D eigenvalue weighted by molar-refractivity contribution is -0.119. The van der Waals surface area contributed by atoms with Crippen molar-refractivity contribution in [2.75, 3.05) is 6.54 Å². The number of guanidine groups is 1. The smallest absolute Gasteiger partial charge is 0.185 e. The molecular formula is C30H55N3O10. The van der Waals surface area contributed by atoms with Crippen LogP contribution < -0.4 is 11.5 Å². The number of ketones is 1. The van der Waals surface area contributed by atoms with Gasteiger partial charge in [-0.05, 0) is 51.9 Å². The number of hydrogen-bond acceptors (Lipinski definition) is 11. The second kappa shape index (κ2) is 24.2. The fourth-order valence-corrected chi connectivity index (χ4v) is 4.33. The van der Waals surface area contributed by atoms with Gasteiger partial charge >= 0.3 is 0 Å². The van der Waals surface area contributed by atoms with Gasteiger partial charge in [0.2, 0.25) is 0 Å². The SMILES string of the molecule is CC(=O)CC(O)CC(O)/C=C/CC(O)CC(O)CC(O)/C=C/CC(O)CC(O)/C=C/CC(O)CC(O)CCCN=C(N)N. The fraction of sp³-hybridized carbons (Fsp3) is 0.733. The van der Waals surface area contributed by atoms with Crippen LogP contribution in [0.4, 0.5) is 0 Å². The van der Waals surface area contributed by atoms with Gasteiger partial charge in [-0.1, -0.05) is 36.5 Å². The largest absolute Gasteiger partial charge is 0.393 e. The molecule has 0 aromatic rings. The third-order valence-electron chi connectivity index (χ3n) is 6.44. The predicted octanol–water partition coefficient (Wildman–Crippen LogP) is -0.943. The van der Waals surface area contributed by atoms with Crippen LogP contribution in [0.2, 0.25) is 0 Å². The zero-order valence-corrected chi connectivity index (χ0v) is 25.2. The van der Waals surface area contributed by atoms with Gasteiger partial charge in [-0.15, -0.1) is 0 Å². The number of hydrogen-bond donors (Lipinski definition) is 11. The van der Waals surface area contributed by atoms with E-state index < -0.39 is 54.9 Å². The number of carbonyl (C=O) groups excluding carboxylic acids is 1. The first-order valence-electron chi connectivity index (χ1n) is 14.8. The molecular weight excluding hydrogens is 562 g/mol. The van der Waals surface area contributed by atoms with E-state index in [1.54, 1.807) is 6.08 Å². The summed E-state index contributed by atoms with van der Waals surface area (Å²) in [6, 6.07) is 0. The van der Waals surface area contributed by atoms with E-state index >= 15 is 0 Å². The Balaban J connectivity index is 4.21. The van der Waals surface area contributed by atoms with Gasteiger partial charge in [0.1, 0.15) is 5.78 Å². The molecule has 0 amide bonds. The highest BCUT2D eigenvalue weighted by Crippen LogP contribution is 2.13. The van der Waals surface area contributed by atoms with Gasteiger partial charge in [0.15, 0.2) is 5.96 Å². The van der Waals surface area contributed by atoms with E-state index in [0.29, 0.717) is 19.4 Å². The molecule has 13 nitrogen and oxygen atoms in total. The summed E-state index contributed by atoms with van der Waals surface area (Å²) in [5.74, 6) is -0.190. The van der Waals surface area contributed by atoms with Crippen molar-refractivity contribution in [2.24, 2.45) is 16.5 Å². The zero-order valence-electron chi connectivity index (χ0n) is 25.2. The van der Waals surface area contributed by atoms with Crippen LogP contribution >= 0.6 is 0 Å². The Kier molecular flexibility index (Phi) is 22.9. The first-order valence-corrected chi connectivity index (χ1v) is 14.8. The minimum absolute atomic E-state index is 0.00129. The average molecular weight is 618 g/mol. The average Bonchev–Trinajstić information content (AvgIpc) is 2.85. The van der Waals surface area contributed by atoms with E-state index in [1.807, 2.05) is 0 Å². The molecule has 13 N–H and O–H groups in total. The lowest BCUT2D eigenvalue weighted by Crippen LogP contribution is -2.23. The molecule has 0 heterocycles. The molecule has 9 atom stereocenters. The van der Waals surface area contributed by atoms with E-state index in [2.05, 4.69) is 4.99 Å². The van der Waals surface area contributed by atoms with Crippen LogP contribution in [0.5, 0.6) is 0 Å². The highest BCUT2D eigenvalue weighted by atomic mass is 16.3. The summed E-state index contributed by atoms with van der Waals surface area (Å²) in [6.07, 6.45) is 2.44. The number of carbonyl (C=O) groups is 1. The van der Waals surface area contributed by atoms with Gasteiger partial charge in [-0.3, -0.25) is 9.79 Å². The second-order valence-electron chi connectivity index (χ2n) is 11.2. The summed E-state index contributed by atoms with van der Waals surface area (Å²) in [4.78, 5) is 14.8. The van der Waals surface area contributed by atoms with E-state index in [9.17, 15) is 50.8 Å². The Morgan fingerprint density at radius 1 is 0.605 bits per heavy atom. The van der Waals surface area contributed by atoms with Crippen molar-refractivity contribution in [3.63, 3.8) is 0 Å². The van der Waals surface area contributed by atoms with Crippen LogP contribution in [0.3, 0.4) is 0 Å². The van der Waals surface area contributed by atoms with Crippen molar-refractivity contribution in [2.45, 2.75) is 132 Å². The molecule has 0 radical (unpaired) electrons. The topological polar surface area (TPSA) is 264 Å². The monoisotopic (exact) mass is 617 g/mol. The van der Waals surface area contributed by atoms with E-state index in [1.165, 1.54) is 37.3 Å². The Labute approximate surface area is 254 Å². The Bertz CT molecular complexity index is 850. The highest BCUT2D eigenvalue weighted by molar-refractivity contribution is 5.76. The van der Waals surface area contributed by atoms with Crippen molar-refractivity contribution >= 4 is 11.7 Å². The van der Waals surface area contributed by atoms with Crippen molar-refractivity contribution in [1.82, 2.24) is 0 Å². The molecule has 0 aromatic carbocycles. The summed E-state index contributed by atoms with van der Waals surface area (Å²) in [6.45, 7) is 1.75. The molecule has 0 rings (SSSR count). The van der Waals surface area contributed by atoms with Crippen LogP contribution in [-0.2, 0) is 4.79 Å². The minimum atomic E-state index is -1.01. The summed E-state index contributed by atoms with van der Waals surface area (Å²) < 4.78 is 0. The summed E-state index contributed by atoms with van der Waals surface area (Å²) in [5.41, 5.74) is 10.5. The maximum Gasteiger partial charge on any atom is 0.185 e. The third kappa shape index (κ3) is 26.0. The van der Waals surface area contributed by atoms with Crippen molar-refractivity contribution in [3.05, 3.63) is 36.5 Å². The molecule has 43 heavy (non-hydrogen) atoms. The van der Waals surface area contributed by atoms with Crippen molar-refractivity contribution < 1.29 is 50.8 Å². The summed E-state index contributed by atoms with van der Waals surface area (Å²) in [7, 11) is 0. The normalized spacial score (nSPS) is 18.7. The van der Waals surface area contributed by atoms with E-state index in [4.69, 9.17) is 11.5 Å². The van der Waals surface area contributed by atoms with Gasteiger partial charge in [0.05, 0.1) is 54.9 Å². The molecule has 0 saturated heterocycles. The first-order chi connectivity index (χ1) is 20.2. The number of aliphatic hydroxyl groups is 9. The molecule has 0 aromatic heterocycles. The van der Waals surface area contributed by atoms with Gasteiger partial charge < -0.3 is 57.4 Å². The quantitative estimate of drug-likeness (QED) is 0.0256. The molecule has 13 heteroatoms. The number of nitrogens with two attached hydrogens (primary N) is 2. The number of rotatable bonds is 25. The van der Waals surface area contributed by atoms with Crippen LogP contribution in [-0.4, -0.2) is 119 Å². The van der Waals surface area contributed by atoms with Crippen molar-refractivity contribution in [3.8, 4) is 0 Å². The van der Waals surface area contributed by atoms with Gasteiger partial charge in [-0.25, -0.2) is 0 Å². The molecule has 0 aliphatic rings. The van der Waals surface area contributed by atoms with Crippen LogP contribution in [0.25, 0.3) is 0 Å². The van der Waals surface area contributed by atoms with Gasteiger partial charge in [-0.2, -0.15) is 0 Å². The van der Waals surface area contributed by atoms with Gasteiger partial charge in [0.25, 0.3) is 0 Å². The summed E-state index contributed by atoms with van der Waals surface area (Å²) >= 11 is 0. The fourth-order valence-electron chi connectivity index (χ4n) is 4.33. The second-order valence-corrected chi connectivity index (χ2v) is 11.2. The lowest BCUT2D eigenvalue weighted by atomic mass is 10.0. The number of nitrogens with zero attached hydrogens (tertiary/aromatic N) is 1. The Morgan fingerprint density at radius 3 is 1.44 bits per heavy atom.